The van der Waals surface area contributed by atoms with Crippen LogP contribution in [0.3, 0.4) is 0 Å². The first kappa shape index (κ1) is 15.6. The van der Waals surface area contributed by atoms with Gasteiger partial charge in [-0.25, -0.2) is 13.1 Å². The van der Waals surface area contributed by atoms with Gasteiger partial charge in [-0.15, -0.1) is 0 Å². The number of halogens is 1. The third-order valence-electron chi connectivity index (χ3n) is 3.63. The molecule has 0 saturated carbocycles. The van der Waals surface area contributed by atoms with Crippen LogP contribution in [0.1, 0.15) is 25.3 Å². The van der Waals surface area contributed by atoms with Crippen LogP contribution in [0, 0.1) is 6.92 Å². The van der Waals surface area contributed by atoms with Crippen molar-refractivity contribution in [1.29, 1.82) is 0 Å². The first-order valence-electron chi connectivity index (χ1n) is 6.41. The average Bonchev–Trinajstić information content (AvgIpc) is 2.33. The summed E-state index contributed by atoms with van der Waals surface area (Å²) in [5.41, 5.74) is 6.17. The lowest BCUT2D eigenvalue weighted by Crippen LogP contribution is -2.49. The van der Waals surface area contributed by atoms with Crippen LogP contribution in [0.25, 0.3) is 0 Å². The number of hydrogen-bond donors (Lipinski definition) is 2. The van der Waals surface area contributed by atoms with Crippen LogP contribution in [-0.2, 0) is 14.8 Å². The summed E-state index contributed by atoms with van der Waals surface area (Å²) in [4.78, 5) is 0.134. The summed E-state index contributed by atoms with van der Waals surface area (Å²) in [6.07, 6.45) is 1.28. The molecule has 1 aliphatic rings. The number of nitrogens with two attached hydrogens (primary N) is 1. The number of rotatable bonds is 3. The Morgan fingerprint density at radius 1 is 1.35 bits per heavy atom. The van der Waals surface area contributed by atoms with Crippen LogP contribution >= 0.6 is 11.6 Å². The van der Waals surface area contributed by atoms with Gasteiger partial charge in [0.25, 0.3) is 0 Å². The molecule has 0 radical (unpaired) electrons. The fraction of sp³-hybridized carbons (Fsp3) is 0.538. The minimum atomic E-state index is -3.66. The molecule has 1 fully saturated rings. The van der Waals surface area contributed by atoms with Crippen molar-refractivity contribution in [2.24, 2.45) is 0 Å². The van der Waals surface area contributed by atoms with Gasteiger partial charge in [0.2, 0.25) is 10.0 Å². The molecular weight excluding hydrogens is 300 g/mol. The van der Waals surface area contributed by atoms with Crippen LogP contribution in [0.5, 0.6) is 0 Å². The summed E-state index contributed by atoms with van der Waals surface area (Å²) in [5.74, 6) is 0. The SMILES string of the molecule is Cc1c(N)cc(Cl)cc1S(=O)(=O)NC1(C)CCOCC1. The van der Waals surface area contributed by atoms with E-state index in [0.29, 0.717) is 42.3 Å². The number of sulfonamides is 1. The van der Waals surface area contributed by atoms with Gasteiger partial charge in [-0.2, -0.15) is 0 Å². The number of ether oxygens (including phenoxy) is 1. The molecule has 5 nitrogen and oxygen atoms in total. The highest BCUT2D eigenvalue weighted by Crippen LogP contribution is 2.28. The molecule has 0 bridgehead atoms. The third-order valence-corrected chi connectivity index (χ3v) is 5.61. The molecule has 1 aliphatic heterocycles. The highest BCUT2D eigenvalue weighted by Gasteiger charge is 2.33. The van der Waals surface area contributed by atoms with Gasteiger partial charge in [-0.3, -0.25) is 0 Å². The van der Waals surface area contributed by atoms with E-state index in [-0.39, 0.29) is 4.90 Å². The van der Waals surface area contributed by atoms with Gasteiger partial charge in [-0.05, 0) is 44.4 Å². The number of anilines is 1. The van der Waals surface area contributed by atoms with Crippen molar-refractivity contribution in [1.82, 2.24) is 4.72 Å². The lowest BCUT2D eigenvalue weighted by atomic mass is 9.94. The zero-order valence-corrected chi connectivity index (χ0v) is 13.1. The Labute approximate surface area is 124 Å². The molecule has 1 aromatic rings. The second kappa shape index (κ2) is 5.52. The maximum absolute atomic E-state index is 12.6. The molecule has 1 aromatic carbocycles. The summed E-state index contributed by atoms with van der Waals surface area (Å²) in [6, 6.07) is 2.98. The van der Waals surface area contributed by atoms with E-state index in [1.165, 1.54) is 6.07 Å². The minimum Gasteiger partial charge on any atom is -0.398 e. The summed E-state index contributed by atoms with van der Waals surface area (Å²) in [5, 5.41) is 0.311. The Balaban J connectivity index is 2.36. The van der Waals surface area contributed by atoms with Gasteiger partial charge in [0.15, 0.2) is 0 Å². The second-order valence-corrected chi connectivity index (χ2v) is 7.48. The largest absolute Gasteiger partial charge is 0.398 e. The highest BCUT2D eigenvalue weighted by molar-refractivity contribution is 7.89. The van der Waals surface area contributed by atoms with E-state index in [0.717, 1.165) is 0 Å². The Morgan fingerprint density at radius 3 is 2.55 bits per heavy atom. The zero-order chi connectivity index (χ0) is 15.0. The molecular formula is C13H19ClN2O3S. The summed E-state index contributed by atoms with van der Waals surface area (Å²) in [6.45, 7) is 4.66. The number of nitrogens with one attached hydrogen (secondary N) is 1. The Bertz CT molecular complexity index is 610. The number of benzene rings is 1. The predicted octanol–water partition coefficient (Wildman–Crippen LogP) is 2.08. The van der Waals surface area contributed by atoms with Gasteiger partial charge in [0.1, 0.15) is 0 Å². The average molecular weight is 319 g/mol. The standard InChI is InChI=1S/C13H19ClN2O3S/c1-9-11(15)7-10(14)8-12(9)20(17,18)16-13(2)3-5-19-6-4-13/h7-8,16H,3-6,15H2,1-2H3. The molecule has 0 spiro atoms. The van der Waals surface area contributed by atoms with Crippen molar-refractivity contribution in [2.45, 2.75) is 37.1 Å². The maximum atomic E-state index is 12.6. The first-order chi connectivity index (χ1) is 9.23. The van der Waals surface area contributed by atoms with Crippen molar-refractivity contribution in [3.63, 3.8) is 0 Å². The predicted molar refractivity (Wildman–Crippen MR) is 79.4 cm³/mol. The maximum Gasteiger partial charge on any atom is 0.241 e. The monoisotopic (exact) mass is 318 g/mol. The summed E-state index contributed by atoms with van der Waals surface area (Å²) in [7, 11) is -3.66. The van der Waals surface area contributed by atoms with E-state index < -0.39 is 15.6 Å². The van der Waals surface area contributed by atoms with Crippen LogP contribution < -0.4 is 10.5 Å². The molecule has 0 amide bonds. The van der Waals surface area contributed by atoms with Crippen molar-refractivity contribution in [3.8, 4) is 0 Å². The normalized spacial score (nSPS) is 18.9. The van der Waals surface area contributed by atoms with Crippen LogP contribution in [0.2, 0.25) is 5.02 Å². The van der Waals surface area contributed by atoms with E-state index in [4.69, 9.17) is 22.1 Å². The first-order valence-corrected chi connectivity index (χ1v) is 8.27. The molecule has 0 unspecified atom stereocenters. The molecule has 1 saturated heterocycles. The Kier molecular flexibility index (Phi) is 4.30. The molecule has 1 heterocycles. The van der Waals surface area contributed by atoms with Gasteiger partial charge >= 0.3 is 0 Å². The van der Waals surface area contributed by atoms with Crippen molar-refractivity contribution < 1.29 is 13.2 Å². The van der Waals surface area contributed by atoms with Gasteiger partial charge in [0, 0.05) is 29.5 Å². The van der Waals surface area contributed by atoms with Crippen LogP contribution in [0.15, 0.2) is 17.0 Å². The zero-order valence-electron chi connectivity index (χ0n) is 11.6. The lowest BCUT2D eigenvalue weighted by molar-refractivity contribution is 0.0537. The van der Waals surface area contributed by atoms with E-state index in [1.54, 1.807) is 13.0 Å². The molecule has 0 atom stereocenters. The minimum absolute atomic E-state index is 0.134. The lowest BCUT2D eigenvalue weighted by Gasteiger charge is -2.34. The van der Waals surface area contributed by atoms with Crippen molar-refractivity contribution >= 4 is 27.3 Å². The molecule has 0 aromatic heterocycles. The van der Waals surface area contributed by atoms with Crippen LogP contribution in [-0.4, -0.2) is 27.2 Å². The van der Waals surface area contributed by atoms with Gasteiger partial charge in [0.05, 0.1) is 4.90 Å². The fourth-order valence-corrected chi connectivity index (χ4v) is 4.31. The molecule has 0 aliphatic carbocycles. The third kappa shape index (κ3) is 3.25. The van der Waals surface area contributed by atoms with E-state index in [9.17, 15) is 8.42 Å². The van der Waals surface area contributed by atoms with Crippen molar-refractivity contribution in [2.75, 3.05) is 18.9 Å². The van der Waals surface area contributed by atoms with Crippen LogP contribution in [0.4, 0.5) is 5.69 Å². The molecule has 3 N–H and O–H groups in total. The number of hydrogen-bond acceptors (Lipinski definition) is 4. The Morgan fingerprint density at radius 2 is 1.95 bits per heavy atom. The molecule has 20 heavy (non-hydrogen) atoms. The van der Waals surface area contributed by atoms with Gasteiger partial charge in [-0.1, -0.05) is 11.6 Å². The van der Waals surface area contributed by atoms with E-state index >= 15 is 0 Å². The fourth-order valence-electron chi connectivity index (χ4n) is 2.26. The van der Waals surface area contributed by atoms with Gasteiger partial charge < -0.3 is 10.5 Å². The number of nitrogen functional groups attached to an aromatic ring is 1. The second-order valence-electron chi connectivity index (χ2n) is 5.40. The van der Waals surface area contributed by atoms with E-state index in [2.05, 4.69) is 4.72 Å². The molecule has 112 valence electrons. The van der Waals surface area contributed by atoms with Crippen molar-refractivity contribution in [3.05, 3.63) is 22.7 Å². The molecule has 2 rings (SSSR count). The molecule has 7 heteroatoms. The topological polar surface area (TPSA) is 81.4 Å². The summed E-state index contributed by atoms with van der Waals surface area (Å²) >= 11 is 5.91. The van der Waals surface area contributed by atoms with E-state index in [1.807, 2.05) is 6.92 Å². The quantitative estimate of drug-likeness (QED) is 0.836. The highest BCUT2D eigenvalue weighted by atomic mass is 35.5. The Hall–Kier alpha value is -0.820. The summed E-state index contributed by atoms with van der Waals surface area (Å²) < 4.78 is 33.2. The smallest absolute Gasteiger partial charge is 0.241 e.